The average Bonchev–Trinajstić information content (AvgIpc) is 3.24. The zero-order valence-corrected chi connectivity index (χ0v) is 12.3. The summed E-state index contributed by atoms with van der Waals surface area (Å²) in [7, 11) is 0. The summed E-state index contributed by atoms with van der Waals surface area (Å²) in [5.74, 6) is 1.46. The number of rotatable bonds is 2. The van der Waals surface area contributed by atoms with Crippen molar-refractivity contribution >= 4 is 17.0 Å². The number of fused-ring (bicyclic) bond motifs is 1. The summed E-state index contributed by atoms with van der Waals surface area (Å²) < 4.78 is 11.0. The summed E-state index contributed by atoms with van der Waals surface area (Å²) in [5.41, 5.74) is 2.05. The third-order valence-electron chi connectivity index (χ3n) is 4.13. The lowest BCUT2D eigenvalue weighted by Crippen LogP contribution is -2.30. The van der Waals surface area contributed by atoms with Crippen molar-refractivity contribution in [1.29, 1.82) is 0 Å². The molecule has 5 heteroatoms. The molecule has 1 aliphatic rings. The maximum absolute atomic E-state index is 12.8. The largest absolute Gasteiger partial charge is 0.467 e. The van der Waals surface area contributed by atoms with Crippen molar-refractivity contribution in [2.24, 2.45) is 0 Å². The second-order valence-corrected chi connectivity index (χ2v) is 5.59. The Bertz CT molecular complexity index is 820. The average molecular weight is 296 g/mol. The van der Waals surface area contributed by atoms with Gasteiger partial charge in [0.2, 0.25) is 0 Å². The third-order valence-corrected chi connectivity index (χ3v) is 4.13. The van der Waals surface area contributed by atoms with Crippen molar-refractivity contribution in [3.05, 3.63) is 53.8 Å². The molecule has 0 aliphatic carbocycles. The number of likely N-dealkylation sites (tertiary alicyclic amines) is 1. The van der Waals surface area contributed by atoms with Gasteiger partial charge in [-0.3, -0.25) is 4.79 Å². The molecule has 1 fully saturated rings. The molecule has 5 nitrogen and oxygen atoms in total. The second kappa shape index (κ2) is 5.02. The highest BCUT2D eigenvalue weighted by Gasteiger charge is 2.32. The fraction of sp³-hybridized carbons (Fsp3) is 0.294. The van der Waals surface area contributed by atoms with Gasteiger partial charge < -0.3 is 13.7 Å². The van der Waals surface area contributed by atoms with Crippen LogP contribution in [0.2, 0.25) is 0 Å². The SMILES string of the molecule is Cc1nc2ccc(C(=O)N3CCC[C@H]3c3ccco3)cc2o1. The Morgan fingerprint density at radius 2 is 2.27 bits per heavy atom. The number of furan rings is 1. The number of amides is 1. The summed E-state index contributed by atoms with van der Waals surface area (Å²) in [4.78, 5) is 19.0. The van der Waals surface area contributed by atoms with Crippen molar-refractivity contribution in [2.45, 2.75) is 25.8 Å². The molecule has 2 aromatic heterocycles. The van der Waals surface area contributed by atoms with Crippen molar-refractivity contribution < 1.29 is 13.6 Å². The first-order valence-corrected chi connectivity index (χ1v) is 7.44. The van der Waals surface area contributed by atoms with Gasteiger partial charge in [0.1, 0.15) is 11.3 Å². The van der Waals surface area contributed by atoms with Crippen molar-refractivity contribution in [3.8, 4) is 0 Å². The Morgan fingerprint density at radius 3 is 3.09 bits per heavy atom. The summed E-state index contributed by atoms with van der Waals surface area (Å²) >= 11 is 0. The molecule has 1 aliphatic heterocycles. The van der Waals surface area contributed by atoms with Crippen LogP contribution in [0, 0.1) is 6.92 Å². The molecule has 3 heterocycles. The Labute approximate surface area is 127 Å². The van der Waals surface area contributed by atoms with E-state index in [0.29, 0.717) is 17.0 Å². The predicted molar refractivity (Wildman–Crippen MR) is 80.5 cm³/mol. The highest BCUT2D eigenvalue weighted by atomic mass is 16.3. The molecule has 4 rings (SSSR count). The molecule has 1 saturated heterocycles. The van der Waals surface area contributed by atoms with E-state index in [1.165, 1.54) is 0 Å². The number of carbonyl (C=O) groups excluding carboxylic acids is 1. The number of carbonyl (C=O) groups is 1. The van der Waals surface area contributed by atoms with Gasteiger partial charge in [0, 0.05) is 19.0 Å². The third kappa shape index (κ3) is 2.09. The number of nitrogens with zero attached hydrogens (tertiary/aromatic N) is 2. The van der Waals surface area contributed by atoms with E-state index in [2.05, 4.69) is 4.98 Å². The van der Waals surface area contributed by atoms with E-state index < -0.39 is 0 Å². The first-order chi connectivity index (χ1) is 10.7. The predicted octanol–water partition coefficient (Wildman–Crippen LogP) is 3.71. The second-order valence-electron chi connectivity index (χ2n) is 5.59. The number of benzene rings is 1. The molecular formula is C17H16N2O3. The molecule has 0 bridgehead atoms. The van der Waals surface area contributed by atoms with Gasteiger partial charge in [0.05, 0.1) is 12.3 Å². The monoisotopic (exact) mass is 296 g/mol. The summed E-state index contributed by atoms with van der Waals surface area (Å²) in [6.45, 7) is 2.55. The minimum atomic E-state index is 0.00912. The Hall–Kier alpha value is -2.56. The lowest BCUT2D eigenvalue weighted by atomic mass is 10.1. The highest BCUT2D eigenvalue weighted by Crippen LogP contribution is 2.33. The Kier molecular flexibility index (Phi) is 2.99. The van der Waals surface area contributed by atoms with Gasteiger partial charge in [-0.15, -0.1) is 0 Å². The van der Waals surface area contributed by atoms with E-state index >= 15 is 0 Å². The number of aromatic nitrogens is 1. The molecule has 1 amide bonds. The molecule has 1 atom stereocenters. The van der Waals surface area contributed by atoms with Gasteiger partial charge >= 0.3 is 0 Å². The fourth-order valence-corrected chi connectivity index (χ4v) is 3.13. The van der Waals surface area contributed by atoms with Crippen LogP contribution in [0.3, 0.4) is 0 Å². The molecule has 0 N–H and O–H groups in total. The van der Waals surface area contributed by atoms with E-state index in [4.69, 9.17) is 8.83 Å². The van der Waals surface area contributed by atoms with Crippen molar-refractivity contribution in [2.75, 3.05) is 6.54 Å². The Morgan fingerprint density at radius 1 is 1.36 bits per heavy atom. The molecule has 0 unspecified atom stereocenters. The first kappa shape index (κ1) is 13.1. The molecule has 22 heavy (non-hydrogen) atoms. The van der Waals surface area contributed by atoms with Crippen molar-refractivity contribution in [1.82, 2.24) is 9.88 Å². The topological polar surface area (TPSA) is 59.5 Å². The van der Waals surface area contributed by atoms with Gasteiger partial charge in [0.15, 0.2) is 11.5 Å². The molecule has 0 saturated carbocycles. The van der Waals surface area contributed by atoms with Gasteiger partial charge in [0.25, 0.3) is 5.91 Å². The summed E-state index contributed by atoms with van der Waals surface area (Å²) in [6, 6.07) is 9.23. The van der Waals surface area contributed by atoms with Crippen LogP contribution in [-0.2, 0) is 0 Å². The van der Waals surface area contributed by atoms with E-state index in [9.17, 15) is 4.79 Å². The molecule has 3 aromatic rings. The molecule has 112 valence electrons. The number of hydrogen-bond donors (Lipinski definition) is 0. The Balaban J connectivity index is 1.67. The van der Waals surface area contributed by atoms with Gasteiger partial charge in [-0.1, -0.05) is 0 Å². The normalized spacial score (nSPS) is 18.2. The molecule has 1 aromatic carbocycles. The zero-order chi connectivity index (χ0) is 15.1. The number of aryl methyl sites for hydroxylation is 1. The minimum Gasteiger partial charge on any atom is -0.467 e. The number of oxazole rings is 1. The van der Waals surface area contributed by atoms with Crippen LogP contribution < -0.4 is 0 Å². The lowest BCUT2D eigenvalue weighted by molar-refractivity contribution is 0.0720. The smallest absolute Gasteiger partial charge is 0.254 e. The fourth-order valence-electron chi connectivity index (χ4n) is 3.13. The summed E-state index contributed by atoms with van der Waals surface area (Å²) in [6.07, 6.45) is 3.57. The van der Waals surface area contributed by atoms with Crippen LogP contribution in [0.1, 0.15) is 40.9 Å². The first-order valence-electron chi connectivity index (χ1n) is 7.44. The maximum Gasteiger partial charge on any atom is 0.254 e. The highest BCUT2D eigenvalue weighted by molar-refractivity contribution is 5.97. The van der Waals surface area contributed by atoms with Crippen molar-refractivity contribution in [3.63, 3.8) is 0 Å². The van der Waals surface area contributed by atoms with E-state index in [0.717, 1.165) is 30.7 Å². The van der Waals surface area contributed by atoms with E-state index in [1.807, 2.05) is 29.2 Å². The molecule has 0 radical (unpaired) electrons. The van der Waals surface area contributed by atoms with Gasteiger partial charge in [-0.05, 0) is 43.2 Å². The lowest BCUT2D eigenvalue weighted by Gasteiger charge is -2.23. The zero-order valence-electron chi connectivity index (χ0n) is 12.3. The minimum absolute atomic E-state index is 0.00912. The quantitative estimate of drug-likeness (QED) is 0.723. The van der Waals surface area contributed by atoms with Crippen LogP contribution in [-0.4, -0.2) is 22.3 Å². The maximum atomic E-state index is 12.8. The van der Waals surface area contributed by atoms with Gasteiger partial charge in [-0.2, -0.15) is 0 Å². The van der Waals surface area contributed by atoms with Crippen LogP contribution in [0.5, 0.6) is 0 Å². The van der Waals surface area contributed by atoms with E-state index in [1.54, 1.807) is 19.3 Å². The number of hydrogen-bond acceptors (Lipinski definition) is 4. The van der Waals surface area contributed by atoms with Crippen LogP contribution in [0.4, 0.5) is 0 Å². The standard InChI is InChI=1S/C17H16N2O3/c1-11-18-13-7-6-12(10-16(13)22-11)17(20)19-8-2-4-14(19)15-5-3-9-21-15/h3,5-7,9-10,14H,2,4,8H2,1H3/t14-/m0/s1. The van der Waals surface area contributed by atoms with Gasteiger partial charge in [-0.25, -0.2) is 4.98 Å². The van der Waals surface area contributed by atoms with Crippen LogP contribution >= 0.6 is 0 Å². The summed E-state index contributed by atoms with van der Waals surface area (Å²) in [5, 5.41) is 0. The molecule has 0 spiro atoms. The van der Waals surface area contributed by atoms with Crippen LogP contribution in [0.25, 0.3) is 11.1 Å². The van der Waals surface area contributed by atoms with Crippen LogP contribution in [0.15, 0.2) is 45.4 Å². The van der Waals surface area contributed by atoms with E-state index in [-0.39, 0.29) is 11.9 Å². The molecular weight excluding hydrogens is 280 g/mol.